The fourth-order valence-corrected chi connectivity index (χ4v) is 4.58. The van der Waals surface area contributed by atoms with Crippen molar-refractivity contribution in [1.29, 1.82) is 0 Å². The third kappa shape index (κ3) is 2.70. The summed E-state index contributed by atoms with van der Waals surface area (Å²) in [7, 11) is 0. The molecule has 0 saturated heterocycles. The predicted octanol–water partition coefficient (Wildman–Crippen LogP) is 3.99. The summed E-state index contributed by atoms with van der Waals surface area (Å²) in [6, 6.07) is 3.59. The zero-order chi connectivity index (χ0) is 21.2. The molecule has 0 radical (unpaired) electrons. The van der Waals surface area contributed by atoms with E-state index in [0.717, 1.165) is 21.4 Å². The lowest BCUT2D eigenvalue weighted by atomic mass is 10.2. The maximum Gasteiger partial charge on any atom is 0.312 e. The fraction of sp³-hybridized carbons (Fsp3) is 0.263. The lowest BCUT2D eigenvalue weighted by Crippen LogP contribution is -2.03. The van der Waals surface area contributed by atoms with Gasteiger partial charge in [0.2, 0.25) is 5.82 Å². The standard InChI is InChI=1S/C19H17N7O3S/c1-9-12(4)30-19-15(9)18-21-17(23-25(18)8-20-19)14-6-5-13(29-14)7-24-11(3)16(26(27)28)10(2)22-24/h5-6,8H,7H2,1-4H3. The van der Waals surface area contributed by atoms with Gasteiger partial charge in [-0.05, 0) is 45.4 Å². The highest BCUT2D eigenvalue weighted by atomic mass is 32.1. The number of nitro groups is 1. The Bertz CT molecular complexity index is 1460. The molecule has 0 bridgehead atoms. The Balaban J connectivity index is 1.51. The molecule has 0 N–H and O–H groups in total. The van der Waals surface area contributed by atoms with Crippen molar-refractivity contribution in [3.63, 3.8) is 0 Å². The highest BCUT2D eigenvalue weighted by Crippen LogP contribution is 2.32. The predicted molar refractivity (Wildman–Crippen MR) is 111 cm³/mol. The van der Waals surface area contributed by atoms with E-state index in [1.165, 1.54) is 4.88 Å². The molecule has 152 valence electrons. The number of aromatic nitrogens is 6. The molecule has 5 aromatic rings. The van der Waals surface area contributed by atoms with Crippen molar-refractivity contribution in [1.82, 2.24) is 29.4 Å². The minimum absolute atomic E-state index is 0.0294. The van der Waals surface area contributed by atoms with Gasteiger partial charge < -0.3 is 4.42 Å². The molecule has 10 nitrogen and oxygen atoms in total. The van der Waals surface area contributed by atoms with Crippen LogP contribution < -0.4 is 0 Å². The van der Waals surface area contributed by atoms with Crippen LogP contribution in [0.5, 0.6) is 0 Å². The van der Waals surface area contributed by atoms with E-state index in [0.29, 0.717) is 28.7 Å². The van der Waals surface area contributed by atoms with Gasteiger partial charge in [-0.15, -0.1) is 16.4 Å². The van der Waals surface area contributed by atoms with Gasteiger partial charge in [0.1, 0.15) is 28.3 Å². The van der Waals surface area contributed by atoms with Crippen LogP contribution in [-0.2, 0) is 6.54 Å². The third-order valence-corrected chi connectivity index (χ3v) is 6.33. The van der Waals surface area contributed by atoms with Gasteiger partial charge in [0.15, 0.2) is 11.4 Å². The number of hydrogen-bond donors (Lipinski definition) is 0. The van der Waals surface area contributed by atoms with E-state index in [1.807, 2.05) is 0 Å². The number of fused-ring (bicyclic) bond motifs is 3. The SMILES string of the molecule is Cc1nn(Cc2ccc(-c3nc4c5c(C)c(C)sc5ncn4n3)o2)c(C)c1[N+](=O)[O-]. The van der Waals surface area contributed by atoms with Crippen LogP contribution in [0, 0.1) is 37.8 Å². The van der Waals surface area contributed by atoms with Crippen LogP contribution in [0.15, 0.2) is 22.9 Å². The van der Waals surface area contributed by atoms with Crippen LogP contribution in [0.2, 0.25) is 0 Å². The summed E-state index contributed by atoms with van der Waals surface area (Å²) in [5.74, 6) is 1.58. The molecule has 0 saturated carbocycles. The Labute approximate surface area is 173 Å². The molecule has 0 amide bonds. The first kappa shape index (κ1) is 18.4. The summed E-state index contributed by atoms with van der Waals surface area (Å²) in [5.41, 5.74) is 2.78. The molecular weight excluding hydrogens is 406 g/mol. The van der Waals surface area contributed by atoms with E-state index in [2.05, 4.69) is 34.0 Å². The molecule has 0 aliphatic carbocycles. The molecule has 0 unspecified atom stereocenters. The molecule has 30 heavy (non-hydrogen) atoms. The van der Waals surface area contributed by atoms with E-state index in [9.17, 15) is 10.1 Å². The third-order valence-electron chi connectivity index (χ3n) is 5.22. The number of furan rings is 1. The maximum atomic E-state index is 11.2. The Hall–Kier alpha value is -3.60. The zero-order valence-corrected chi connectivity index (χ0v) is 17.5. The van der Waals surface area contributed by atoms with Crippen molar-refractivity contribution in [2.45, 2.75) is 34.2 Å². The Kier molecular flexibility index (Phi) is 3.97. The molecule has 5 aromatic heterocycles. The Morgan fingerprint density at radius 2 is 2.00 bits per heavy atom. The molecule has 0 aromatic carbocycles. The van der Waals surface area contributed by atoms with E-state index < -0.39 is 4.92 Å². The van der Waals surface area contributed by atoms with Crippen molar-refractivity contribution in [2.75, 3.05) is 0 Å². The van der Waals surface area contributed by atoms with Crippen LogP contribution in [0.25, 0.3) is 27.4 Å². The van der Waals surface area contributed by atoms with Crippen LogP contribution in [-0.4, -0.2) is 34.3 Å². The van der Waals surface area contributed by atoms with E-state index in [-0.39, 0.29) is 12.2 Å². The van der Waals surface area contributed by atoms with Crippen molar-refractivity contribution in [3.8, 4) is 11.6 Å². The molecule has 0 aliphatic rings. The second-order valence-corrected chi connectivity index (χ2v) is 8.31. The molecule has 5 heterocycles. The minimum atomic E-state index is -0.411. The van der Waals surface area contributed by atoms with Gasteiger partial charge in [0.05, 0.1) is 16.9 Å². The average Bonchev–Trinajstić information content (AvgIpc) is 3.42. The van der Waals surface area contributed by atoms with Crippen molar-refractivity contribution >= 4 is 32.9 Å². The number of nitrogens with zero attached hydrogens (tertiary/aromatic N) is 7. The van der Waals surface area contributed by atoms with Crippen LogP contribution in [0.4, 0.5) is 5.69 Å². The highest BCUT2D eigenvalue weighted by Gasteiger charge is 2.23. The first-order valence-corrected chi connectivity index (χ1v) is 10.0. The zero-order valence-electron chi connectivity index (χ0n) is 16.7. The topological polar surface area (TPSA) is 117 Å². The maximum absolute atomic E-state index is 11.2. The second-order valence-electron chi connectivity index (χ2n) is 7.11. The average molecular weight is 423 g/mol. The normalized spacial score (nSPS) is 11.7. The van der Waals surface area contributed by atoms with Gasteiger partial charge in [0, 0.05) is 4.88 Å². The summed E-state index contributed by atoms with van der Waals surface area (Å²) in [5, 5.41) is 21.0. The first-order valence-electron chi connectivity index (χ1n) is 9.22. The quantitative estimate of drug-likeness (QED) is 0.317. The lowest BCUT2D eigenvalue weighted by molar-refractivity contribution is -0.386. The summed E-state index contributed by atoms with van der Waals surface area (Å²) >= 11 is 1.64. The highest BCUT2D eigenvalue weighted by molar-refractivity contribution is 7.18. The molecule has 5 rings (SSSR count). The van der Waals surface area contributed by atoms with Gasteiger partial charge in [-0.25, -0.2) is 14.5 Å². The van der Waals surface area contributed by atoms with E-state index in [1.54, 1.807) is 52.8 Å². The van der Waals surface area contributed by atoms with Crippen LogP contribution in [0.1, 0.15) is 27.6 Å². The number of aryl methyl sites for hydroxylation is 3. The summed E-state index contributed by atoms with van der Waals surface area (Å²) in [6.45, 7) is 7.71. The monoisotopic (exact) mass is 423 g/mol. The first-order chi connectivity index (χ1) is 14.3. The minimum Gasteiger partial charge on any atom is -0.456 e. The number of thiophene rings is 1. The lowest BCUT2D eigenvalue weighted by Gasteiger charge is -2.00. The van der Waals surface area contributed by atoms with Gasteiger partial charge in [-0.1, -0.05) is 0 Å². The number of hydrogen-bond acceptors (Lipinski definition) is 8. The smallest absolute Gasteiger partial charge is 0.312 e. The molecule has 0 spiro atoms. The van der Waals surface area contributed by atoms with E-state index >= 15 is 0 Å². The molecule has 11 heteroatoms. The summed E-state index contributed by atoms with van der Waals surface area (Å²) < 4.78 is 9.15. The van der Waals surface area contributed by atoms with Gasteiger partial charge in [-0.2, -0.15) is 5.10 Å². The van der Waals surface area contributed by atoms with Crippen LogP contribution >= 0.6 is 11.3 Å². The Morgan fingerprint density at radius 3 is 2.73 bits per heavy atom. The molecule has 0 aliphatic heterocycles. The number of rotatable bonds is 4. The summed E-state index contributed by atoms with van der Waals surface area (Å²) in [6.07, 6.45) is 1.66. The second kappa shape index (κ2) is 6.46. The van der Waals surface area contributed by atoms with Crippen molar-refractivity contribution < 1.29 is 9.34 Å². The summed E-state index contributed by atoms with van der Waals surface area (Å²) in [4.78, 5) is 22.1. The molecule has 0 atom stereocenters. The molecule has 0 fully saturated rings. The van der Waals surface area contributed by atoms with Crippen molar-refractivity contribution in [3.05, 3.63) is 56.2 Å². The Morgan fingerprint density at radius 1 is 1.20 bits per heavy atom. The van der Waals surface area contributed by atoms with Gasteiger partial charge in [0.25, 0.3) is 0 Å². The van der Waals surface area contributed by atoms with E-state index in [4.69, 9.17) is 4.42 Å². The van der Waals surface area contributed by atoms with Gasteiger partial charge >= 0.3 is 5.69 Å². The molecular formula is C19H17N7O3S. The fourth-order valence-electron chi connectivity index (χ4n) is 3.59. The largest absolute Gasteiger partial charge is 0.456 e. The van der Waals surface area contributed by atoms with Crippen LogP contribution in [0.3, 0.4) is 0 Å². The van der Waals surface area contributed by atoms with Crippen molar-refractivity contribution in [2.24, 2.45) is 0 Å². The van der Waals surface area contributed by atoms with Gasteiger partial charge in [-0.3, -0.25) is 14.8 Å².